The average Bonchev–Trinajstić information content (AvgIpc) is 3.16. The van der Waals surface area contributed by atoms with Crippen molar-refractivity contribution in [1.82, 2.24) is 0 Å². The van der Waals surface area contributed by atoms with Crippen LogP contribution in [0, 0.1) is 25.2 Å². The normalized spacial score (nSPS) is 26.5. The Morgan fingerprint density at radius 1 is 1.00 bits per heavy atom. The van der Waals surface area contributed by atoms with Crippen molar-refractivity contribution < 1.29 is 8.42 Å². The molecule has 0 heterocycles. The van der Waals surface area contributed by atoms with E-state index in [1.807, 2.05) is 44.2 Å². The van der Waals surface area contributed by atoms with Gasteiger partial charge < -0.3 is 5.73 Å². The third-order valence-electron chi connectivity index (χ3n) is 4.49. The summed E-state index contributed by atoms with van der Waals surface area (Å²) < 4.78 is 25.8. The number of nitrogens with two attached hydrogens (primary N) is 1. The van der Waals surface area contributed by atoms with Crippen LogP contribution in [0.25, 0.3) is 0 Å². The van der Waals surface area contributed by atoms with E-state index in [1.165, 1.54) is 0 Å². The maximum atomic E-state index is 12.9. The van der Waals surface area contributed by atoms with E-state index in [9.17, 15) is 13.7 Å². The summed E-state index contributed by atoms with van der Waals surface area (Å²) >= 11 is 0. The molecule has 0 saturated heterocycles. The molecular formula is C18H18N2O2S. The molecule has 0 bridgehead atoms. The second kappa shape index (κ2) is 5.19. The molecule has 118 valence electrons. The molecule has 0 amide bonds. The molecular weight excluding hydrogens is 308 g/mol. The van der Waals surface area contributed by atoms with Crippen molar-refractivity contribution in [3.63, 3.8) is 0 Å². The lowest BCUT2D eigenvalue weighted by molar-refractivity contribution is 0.592. The Morgan fingerprint density at radius 3 is 1.96 bits per heavy atom. The van der Waals surface area contributed by atoms with E-state index < -0.39 is 26.5 Å². The Morgan fingerprint density at radius 2 is 1.48 bits per heavy atom. The molecule has 1 aliphatic carbocycles. The third kappa shape index (κ3) is 2.44. The first-order chi connectivity index (χ1) is 10.8. The number of aryl methyl sites for hydroxylation is 2. The van der Waals surface area contributed by atoms with Gasteiger partial charge in [0.25, 0.3) is 0 Å². The fraction of sp³-hybridized carbons (Fsp3) is 0.278. The van der Waals surface area contributed by atoms with Gasteiger partial charge in [-0.25, -0.2) is 8.42 Å². The van der Waals surface area contributed by atoms with Crippen LogP contribution in [0.5, 0.6) is 0 Å². The molecule has 23 heavy (non-hydrogen) atoms. The largest absolute Gasteiger partial charge is 0.312 e. The van der Waals surface area contributed by atoms with Crippen LogP contribution in [0.4, 0.5) is 0 Å². The quantitative estimate of drug-likeness (QED) is 0.939. The topological polar surface area (TPSA) is 83.9 Å². The Bertz CT molecular complexity index is 880. The Labute approximate surface area is 136 Å². The lowest BCUT2D eigenvalue weighted by atomic mass is 10.1. The molecule has 3 atom stereocenters. The third-order valence-corrected chi connectivity index (χ3v) is 6.75. The van der Waals surface area contributed by atoms with Crippen molar-refractivity contribution in [3.8, 4) is 6.07 Å². The molecule has 1 aliphatic rings. The van der Waals surface area contributed by atoms with E-state index in [1.54, 1.807) is 24.3 Å². The highest BCUT2D eigenvalue weighted by molar-refractivity contribution is 7.92. The predicted molar refractivity (Wildman–Crippen MR) is 88.6 cm³/mol. The minimum absolute atomic E-state index is 0.216. The Hall–Kier alpha value is -2.16. The molecule has 0 unspecified atom stereocenters. The second-order valence-electron chi connectivity index (χ2n) is 6.21. The molecule has 0 radical (unpaired) electrons. The summed E-state index contributed by atoms with van der Waals surface area (Å²) in [4.78, 5) is 0.216. The van der Waals surface area contributed by atoms with E-state index in [0.717, 1.165) is 16.7 Å². The van der Waals surface area contributed by atoms with E-state index in [-0.39, 0.29) is 4.90 Å². The van der Waals surface area contributed by atoms with Gasteiger partial charge in [-0.05, 0) is 31.5 Å². The SMILES string of the molecule is Cc1ccc([C@H]2[C@@H](S(=O)(=O)c3ccc(C)cc3)[C@@]2(N)C#N)cc1. The highest BCUT2D eigenvalue weighted by atomic mass is 32.2. The average molecular weight is 326 g/mol. The lowest BCUT2D eigenvalue weighted by Gasteiger charge is -2.05. The van der Waals surface area contributed by atoms with E-state index in [2.05, 4.69) is 0 Å². The smallest absolute Gasteiger partial charge is 0.184 e. The highest BCUT2D eigenvalue weighted by Gasteiger charge is 2.70. The number of sulfone groups is 1. The maximum Gasteiger partial charge on any atom is 0.184 e. The summed E-state index contributed by atoms with van der Waals surface area (Å²) in [5.74, 6) is -0.501. The Balaban J connectivity index is 2.03. The van der Waals surface area contributed by atoms with Gasteiger partial charge in [0.1, 0.15) is 10.8 Å². The van der Waals surface area contributed by atoms with Crippen LogP contribution in [0.2, 0.25) is 0 Å². The zero-order valence-corrected chi connectivity index (χ0v) is 13.8. The number of hydrogen-bond donors (Lipinski definition) is 1. The molecule has 1 saturated carbocycles. The van der Waals surface area contributed by atoms with Crippen molar-refractivity contribution in [2.75, 3.05) is 0 Å². The van der Waals surface area contributed by atoms with Gasteiger partial charge in [0, 0.05) is 5.92 Å². The molecule has 2 N–H and O–H groups in total. The second-order valence-corrected chi connectivity index (χ2v) is 8.28. The first-order valence-corrected chi connectivity index (χ1v) is 8.92. The van der Waals surface area contributed by atoms with Crippen LogP contribution >= 0.6 is 0 Å². The molecule has 2 aromatic rings. The zero-order valence-electron chi connectivity index (χ0n) is 13.0. The monoisotopic (exact) mass is 326 g/mol. The van der Waals surface area contributed by atoms with Crippen molar-refractivity contribution in [2.45, 2.75) is 35.4 Å². The molecule has 4 nitrogen and oxygen atoms in total. The van der Waals surface area contributed by atoms with Gasteiger partial charge in [0.15, 0.2) is 9.84 Å². The summed E-state index contributed by atoms with van der Waals surface area (Å²) in [7, 11) is -3.66. The van der Waals surface area contributed by atoms with Gasteiger partial charge in [0.05, 0.1) is 11.0 Å². The standard InChI is InChI=1S/C18H18N2O2S/c1-12-3-7-14(8-4-12)16-17(18(16,20)11-19)23(21,22)15-9-5-13(2)6-10-15/h3-10,16-17H,20H2,1-2H3/t16-,17+,18+/m0/s1. The van der Waals surface area contributed by atoms with Gasteiger partial charge >= 0.3 is 0 Å². The number of nitrogens with zero attached hydrogens (tertiary/aromatic N) is 1. The van der Waals surface area contributed by atoms with Crippen molar-refractivity contribution in [3.05, 3.63) is 65.2 Å². The van der Waals surface area contributed by atoms with Crippen molar-refractivity contribution in [2.24, 2.45) is 5.73 Å². The van der Waals surface area contributed by atoms with Gasteiger partial charge in [-0.2, -0.15) is 5.26 Å². The molecule has 0 spiro atoms. The molecule has 0 aromatic heterocycles. The highest BCUT2D eigenvalue weighted by Crippen LogP contribution is 2.55. The number of benzene rings is 2. The predicted octanol–water partition coefficient (Wildman–Crippen LogP) is 2.46. The fourth-order valence-corrected chi connectivity index (χ4v) is 5.23. The molecule has 5 heteroatoms. The van der Waals surface area contributed by atoms with Gasteiger partial charge in [-0.15, -0.1) is 0 Å². The summed E-state index contributed by atoms with van der Waals surface area (Å²) in [6, 6.07) is 16.2. The van der Waals surface area contributed by atoms with Crippen molar-refractivity contribution in [1.29, 1.82) is 5.26 Å². The first-order valence-electron chi connectivity index (χ1n) is 7.38. The summed E-state index contributed by atoms with van der Waals surface area (Å²) in [5, 5.41) is 8.53. The summed E-state index contributed by atoms with van der Waals surface area (Å²) in [5.41, 5.74) is 7.59. The number of rotatable bonds is 3. The van der Waals surface area contributed by atoms with Crippen LogP contribution in [0.3, 0.4) is 0 Å². The maximum absolute atomic E-state index is 12.9. The van der Waals surface area contributed by atoms with Gasteiger partial charge in [0.2, 0.25) is 0 Å². The van der Waals surface area contributed by atoms with Crippen LogP contribution in [0.15, 0.2) is 53.4 Å². The van der Waals surface area contributed by atoms with Crippen LogP contribution in [-0.2, 0) is 9.84 Å². The zero-order chi connectivity index (χ0) is 16.8. The van der Waals surface area contributed by atoms with E-state index >= 15 is 0 Å². The lowest BCUT2D eigenvalue weighted by Crippen LogP contribution is -2.29. The van der Waals surface area contributed by atoms with Crippen LogP contribution in [0.1, 0.15) is 22.6 Å². The van der Waals surface area contributed by atoms with Crippen molar-refractivity contribution >= 4 is 9.84 Å². The number of hydrogen-bond acceptors (Lipinski definition) is 4. The first kappa shape index (κ1) is 15.7. The van der Waals surface area contributed by atoms with Crippen LogP contribution in [-0.4, -0.2) is 19.2 Å². The number of nitriles is 1. The summed E-state index contributed by atoms with van der Waals surface area (Å²) in [6.07, 6.45) is 0. The van der Waals surface area contributed by atoms with Gasteiger partial charge in [-0.1, -0.05) is 47.5 Å². The molecule has 1 fully saturated rings. The van der Waals surface area contributed by atoms with Gasteiger partial charge in [-0.3, -0.25) is 0 Å². The fourth-order valence-electron chi connectivity index (χ4n) is 3.04. The molecule has 2 aromatic carbocycles. The van der Waals surface area contributed by atoms with E-state index in [4.69, 9.17) is 5.73 Å². The van der Waals surface area contributed by atoms with E-state index in [0.29, 0.717) is 0 Å². The summed E-state index contributed by atoms with van der Waals surface area (Å²) in [6.45, 7) is 3.85. The molecule has 0 aliphatic heterocycles. The van der Waals surface area contributed by atoms with Crippen LogP contribution < -0.4 is 5.73 Å². The minimum Gasteiger partial charge on any atom is -0.312 e. The Kier molecular flexibility index (Phi) is 3.55. The molecule has 3 rings (SSSR count). The minimum atomic E-state index is -3.66.